The molecule has 0 saturated carbocycles. The molecule has 0 bridgehead atoms. The van der Waals surface area contributed by atoms with E-state index in [1.54, 1.807) is 0 Å². The quantitative estimate of drug-likeness (QED) is 0.0355. The third-order valence-electron chi connectivity index (χ3n) is 10.3. The summed E-state index contributed by atoms with van der Waals surface area (Å²) in [4.78, 5) is 24.9. The van der Waals surface area contributed by atoms with Crippen molar-refractivity contribution in [1.29, 1.82) is 0 Å². The Morgan fingerprint density at radius 2 is 0.769 bits per heavy atom. The first-order chi connectivity index (χ1) is 25.6. The average Bonchev–Trinajstić information content (AvgIpc) is 3.14. The third kappa shape index (κ3) is 41.4. The highest BCUT2D eigenvalue weighted by Gasteiger charge is 2.17. The van der Waals surface area contributed by atoms with E-state index in [-0.39, 0.29) is 18.5 Å². The number of allylic oxidation sites excluding steroid dienone is 2. The molecule has 52 heavy (non-hydrogen) atoms. The summed E-state index contributed by atoms with van der Waals surface area (Å²) in [6.07, 6.45) is 48.2. The van der Waals surface area contributed by atoms with E-state index < -0.39 is 6.10 Å². The maximum absolute atomic E-state index is 12.5. The summed E-state index contributed by atoms with van der Waals surface area (Å²) in [5.74, 6) is -0.409. The number of rotatable bonds is 43. The van der Waals surface area contributed by atoms with Crippen LogP contribution in [0.15, 0.2) is 12.2 Å². The minimum atomic E-state index is -0.525. The van der Waals surface area contributed by atoms with E-state index in [9.17, 15) is 9.59 Å². The summed E-state index contributed by atoms with van der Waals surface area (Å²) in [7, 11) is 0. The molecule has 0 amide bonds. The van der Waals surface area contributed by atoms with Gasteiger partial charge in [-0.1, -0.05) is 213 Å². The molecule has 0 aromatic heterocycles. The first-order valence-electron chi connectivity index (χ1n) is 23.2. The van der Waals surface area contributed by atoms with Crippen molar-refractivity contribution in [2.24, 2.45) is 0 Å². The number of hydrogen-bond acceptors (Lipinski definition) is 5. The van der Waals surface area contributed by atoms with Crippen molar-refractivity contribution in [3.8, 4) is 0 Å². The van der Waals surface area contributed by atoms with E-state index in [1.165, 1.54) is 167 Å². The van der Waals surface area contributed by atoms with E-state index in [0.29, 0.717) is 26.1 Å². The van der Waals surface area contributed by atoms with Gasteiger partial charge in [0.05, 0.1) is 6.61 Å². The number of esters is 2. The van der Waals surface area contributed by atoms with Crippen molar-refractivity contribution in [2.75, 3.05) is 19.8 Å². The summed E-state index contributed by atoms with van der Waals surface area (Å²) in [5.41, 5.74) is 0. The smallest absolute Gasteiger partial charge is 0.306 e. The highest BCUT2D eigenvalue weighted by molar-refractivity contribution is 5.70. The van der Waals surface area contributed by atoms with Crippen LogP contribution in [0.3, 0.4) is 0 Å². The summed E-state index contributed by atoms with van der Waals surface area (Å²) in [6.45, 7) is 7.75. The van der Waals surface area contributed by atoms with Crippen LogP contribution in [0.25, 0.3) is 0 Å². The number of ether oxygens (including phenoxy) is 3. The van der Waals surface area contributed by atoms with Gasteiger partial charge in [0.2, 0.25) is 0 Å². The molecule has 0 N–H and O–H groups in total. The van der Waals surface area contributed by atoms with Crippen LogP contribution in [0, 0.1) is 0 Å². The van der Waals surface area contributed by atoms with Crippen LogP contribution in [0.1, 0.15) is 252 Å². The molecular weight excluding hydrogens is 645 g/mol. The highest BCUT2D eigenvalue weighted by Crippen LogP contribution is 2.16. The zero-order valence-electron chi connectivity index (χ0n) is 35.4. The SMILES string of the molecule is CCCC/C=C\CCCCCCCC(=O)OCC(COCCCCCCCCCCCCCCCCCCCCCC)OC(=O)CCCCCCC. The van der Waals surface area contributed by atoms with Crippen LogP contribution in [0.5, 0.6) is 0 Å². The lowest BCUT2D eigenvalue weighted by Crippen LogP contribution is -2.30. The van der Waals surface area contributed by atoms with Gasteiger partial charge < -0.3 is 14.2 Å². The Morgan fingerprint density at radius 1 is 0.404 bits per heavy atom. The second kappa shape index (κ2) is 44.0. The maximum Gasteiger partial charge on any atom is 0.306 e. The lowest BCUT2D eigenvalue weighted by Gasteiger charge is -2.18. The first-order valence-corrected chi connectivity index (χ1v) is 23.2. The molecule has 1 atom stereocenters. The van der Waals surface area contributed by atoms with Gasteiger partial charge in [-0.25, -0.2) is 0 Å². The molecule has 0 aliphatic heterocycles. The van der Waals surface area contributed by atoms with Gasteiger partial charge in [-0.2, -0.15) is 0 Å². The van der Waals surface area contributed by atoms with Crippen LogP contribution in [0.4, 0.5) is 0 Å². The molecular formula is C47H90O5. The molecule has 0 rings (SSSR count). The van der Waals surface area contributed by atoms with Crippen LogP contribution in [-0.4, -0.2) is 37.9 Å². The Balaban J connectivity index is 3.94. The Morgan fingerprint density at radius 3 is 1.23 bits per heavy atom. The summed E-state index contributed by atoms with van der Waals surface area (Å²) in [5, 5.41) is 0. The molecule has 0 aliphatic carbocycles. The second-order valence-corrected chi connectivity index (χ2v) is 15.7. The number of carbonyl (C=O) groups excluding carboxylic acids is 2. The van der Waals surface area contributed by atoms with Crippen molar-refractivity contribution in [1.82, 2.24) is 0 Å². The molecule has 0 spiro atoms. The lowest BCUT2D eigenvalue weighted by atomic mass is 10.0. The maximum atomic E-state index is 12.5. The fourth-order valence-corrected chi connectivity index (χ4v) is 6.79. The Labute approximate surface area is 325 Å². The van der Waals surface area contributed by atoms with Crippen LogP contribution in [-0.2, 0) is 23.8 Å². The topological polar surface area (TPSA) is 61.8 Å². The fraction of sp³-hybridized carbons (Fsp3) is 0.915. The minimum Gasteiger partial charge on any atom is -0.462 e. The third-order valence-corrected chi connectivity index (χ3v) is 10.3. The predicted molar refractivity (Wildman–Crippen MR) is 224 cm³/mol. The summed E-state index contributed by atoms with van der Waals surface area (Å²) < 4.78 is 17.2. The molecule has 0 fully saturated rings. The zero-order chi connectivity index (χ0) is 37.8. The molecule has 5 nitrogen and oxygen atoms in total. The Bertz CT molecular complexity index is 750. The van der Waals surface area contributed by atoms with Crippen molar-refractivity contribution in [3.63, 3.8) is 0 Å². The van der Waals surface area contributed by atoms with Gasteiger partial charge in [0.25, 0.3) is 0 Å². The molecule has 5 heteroatoms. The standard InChI is InChI=1S/C47H90O5/c1-4-7-10-13-15-17-19-20-21-22-23-24-25-26-27-29-31-33-36-39-42-50-43-45(52-47(49)41-38-34-12-9-6-3)44-51-46(48)40-37-35-32-30-28-18-16-14-11-8-5-2/h14,16,45H,4-13,15,17-44H2,1-3H3/b16-14-. The monoisotopic (exact) mass is 735 g/mol. The van der Waals surface area contributed by atoms with Crippen molar-refractivity contribution in [3.05, 3.63) is 12.2 Å². The van der Waals surface area contributed by atoms with Gasteiger partial charge in [0, 0.05) is 19.4 Å². The van der Waals surface area contributed by atoms with Gasteiger partial charge in [0.1, 0.15) is 6.61 Å². The van der Waals surface area contributed by atoms with Crippen molar-refractivity contribution in [2.45, 2.75) is 258 Å². The van der Waals surface area contributed by atoms with Gasteiger partial charge in [0.15, 0.2) is 6.10 Å². The summed E-state index contributed by atoms with van der Waals surface area (Å²) in [6, 6.07) is 0. The van der Waals surface area contributed by atoms with Gasteiger partial charge in [-0.05, 0) is 38.5 Å². The van der Waals surface area contributed by atoms with Crippen LogP contribution >= 0.6 is 0 Å². The van der Waals surface area contributed by atoms with E-state index >= 15 is 0 Å². The van der Waals surface area contributed by atoms with E-state index in [0.717, 1.165) is 51.4 Å². The largest absolute Gasteiger partial charge is 0.462 e. The number of unbranched alkanes of at least 4 members (excludes halogenated alkanes) is 30. The Hall–Kier alpha value is -1.36. The lowest BCUT2D eigenvalue weighted by molar-refractivity contribution is -0.163. The van der Waals surface area contributed by atoms with Crippen molar-refractivity contribution < 1.29 is 23.8 Å². The average molecular weight is 735 g/mol. The first kappa shape index (κ1) is 50.6. The van der Waals surface area contributed by atoms with Crippen LogP contribution < -0.4 is 0 Å². The molecule has 0 aliphatic rings. The van der Waals surface area contributed by atoms with E-state index in [2.05, 4.69) is 32.9 Å². The van der Waals surface area contributed by atoms with Gasteiger partial charge in [-0.15, -0.1) is 0 Å². The molecule has 308 valence electrons. The van der Waals surface area contributed by atoms with Crippen LogP contribution in [0.2, 0.25) is 0 Å². The number of carbonyl (C=O) groups is 2. The molecule has 0 saturated heterocycles. The summed E-state index contributed by atoms with van der Waals surface area (Å²) >= 11 is 0. The van der Waals surface area contributed by atoms with E-state index in [4.69, 9.17) is 14.2 Å². The molecule has 0 heterocycles. The molecule has 1 unspecified atom stereocenters. The van der Waals surface area contributed by atoms with Crippen molar-refractivity contribution >= 4 is 11.9 Å². The zero-order valence-corrected chi connectivity index (χ0v) is 35.4. The normalized spacial score (nSPS) is 12.1. The molecule has 0 aromatic rings. The molecule has 0 radical (unpaired) electrons. The van der Waals surface area contributed by atoms with Gasteiger partial charge in [-0.3, -0.25) is 9.59 Å². The Kier molecular flexibility index (Phi) is 42.9. The number of hydrogen-bond donors (Lipinski definition) is 0. The highest BCUT2D eigenvalue weighted by atomic mass is 16.6. The van der Waals surface area contributed by atoms with E-state index in [1.807, 2.05) is 0 Å². The molecule has 0 aromatic carbocycles. The fourth-order valence-electron chi connectivity index (χ4n) is 6.79. The van der Waals surface area contributed by atoms with Gasteiger partial charge >= 0.3 is 11.9 Å². The second-order valence-electron chi connectivity index (χ2n) is 15.7. The predicted octanol–water partition coefficient (Wildman–Crippen LogP) is 15.1. The minimum absolute atomic E-state index is 0.0873.